The second kappa shape index (κ2) is 6.83. The maximum Gasteiger partial charge on any atom is 0.313 e. The number of nitrogen functional groups attached to an aromatic ring is 1. The molecule has 1 unspecified atom stereocenters. The van der Waals surface area contributed by atoms with Crippen molar-refractivity contribution in [2.24, 2.45) is 17.7 Å². The van der Waals surface area contributed by atoms with E-state index in [1.54, 1.807) is 0 Å². The van der Waals surface area contributed by atoms with Gasteiger partial charge < -0.3 is 5.43 Å². The van der Waals surface area contributed by atoms with E-state index >= 15 is 0 Å². The summed E-state index contributed by atoms with van der Waals surface area (Å²) in [6.07, 6.45) is 0. The molecular formula is C12H20N4O4S. The Labute approximate surface area is 123 Å². The number of sulfonamides is 1. The van der Waals surface area contributed by atoms with Crippen LogP contribution in [0.2, 0.25) is 0 Å². The van der Waals surface area contributed by atoms with Gasteiger partial charge in [-0.2, -0.15) is 0 Å². The molecule has 8 nitrogen and oxygen atoms in total. The van der Waals surface area contributed by atoms with Crippen LogP contribution >= 0.6 is 0 Å². The molecule has 0 aliphatic carbocycles. The van der Waals surface area contributed by atoms with Crippen LogP contribution in [0.25, 0.3) is 0 Å². The number of nitro groups is 1. The highest BCUT2D eigenvalue weighted by Gasteiger charge is 2.29. The van der Waals surface area contributed by atoms with Crippen LogP contribution in [0.15, 0.2) is 23.1 Å². The van der Waals surface area contributed by atoms with Crippen molar-refractivity contribution in [3.8, 4) is 0 Å². The predicted molar refractivity (Wildman–Crippen MR) is 80.1 cm³/mol. The summed E-state index contributed by atoms with van der Waals surface area (Å²) in [7, 11) is -3.98. The van der Waals surface area contributed by atoms with Crippen LogP contribution in [0.4, 0.5) is 11.4 Å². The van der Waals surface area contributed by atoms with Gasteiger partial charge in [-0.05, 0) is 24.0 Å². The number of rotatable bonds is 7. The zero-order chi connectivity index (χ0) is 16.2. The summed E-state index contributed by atoms with van der Waals surface area (Å²) in [5.74, 6) is 5.59. The Kier molecular flexibility index (Phi) is 5.64. The van der Waals surface area contributed by atoms with Crippen molar-refractivity contribution in [2.75, 3.05) is 12.0 Å². The van der Waals surface area contributed by atoms with Crippen LogP contribution < -0.4 is 16.0 Å². The minimum absolute atomic E-state index is 0.0558. The van der Waals surface area contributed by atoms with Gasteiger partial charge in [-0.1, -0.05) is 26.8 Å². The third-order valence-electron chi connectivity index (χ3n) is 3.36. The highest BCUT2D eigenvalue weighted by Crippen LogP contribution is 2.31. The first-order valence-electron chi connectivity index (χ1n) is 6.44. The molecule has 0 aliphatic heterocycles. The average Bonchev–Trinajstić information content (AvgIpc) is 2.43. The Bertz CT molecular complexity index is 616. The average molecular weight is 316 g/mol. The standard InChI is InChI=1S/C12H20N4O4S/c1-8(2)9(3)7-14-21(19,20)11-6-4-5-10(15-13)12(11)16(17)18/h4-6,8-9,14-15H,7,13H2,1-3H3. The summed E-state index contributed by atoms with van der Waals surface area (Å²) in [6, 6.07) is 3.91. The summed E-state index contributed by atoms with van der Waals surface area (Å²) in [5, 5.41) is 11.1. The molecule has 0 saturated heterocycles. The fourth-order valence-electron chi connectivity index (χ4n) is 1.60. The minimum Gasteiger partial charge on any atom is -0.318 e. The molecule has 0 aromatic heterocycles. The first-order chi connectivity index (χ1) is 9.70. The van der Waals surface area contributed by atoms with Crippen LogP contribution in [0, 0.1) is 22.0 Å². The first kappa shape index (κ1) is 17.3. The molecule has 0 saturated carbocycles. The summed E-state index contributed by atoms with van der Waals surface area (Å²) in [6.45, 7) is 6.05. The Balaban J connectivity index is 3.17. The van der Waals surface area contributed by atoms with E-state index in [2.05, 4.69) is 10.1 Å². The fraction of sp³-hybridized carbons (Fsp3) is 0.500. The van der Waals surface area contributed by atoms with Crippen molar-refractivity contribution in [1.29, 1.82) is 0 Å². The van der Waals surface area contributed by atoms with Crippen LogP contribution in [-0.4, -0.2) is 19.9 Å². The number of nitrogens with one attached hydrogen (secondary N) is 2. The topological polar surface area (TPSA) is 127 Å². The minimum atomic E-state index is -3.98. The molecule has 0 bridgehead atoms. The Morgan fingerprint density at radius 3 is 2.43 bits per heavy atom. The van der Waals surface area contributed by atoms with E-state index in [-0.39, 0.29) is 18.2 Å². The molecule has 0 aliphatic rings. The van der Waals surface area contributed by atoms with Crippen molar-refractivity contribution in [3.63, 3.8) is 0 Å². The van der Waals surface area contributed by atoms with Gasteiger partial charge in [-0.25, -0.2) is 13.1 Å². The molecule has 1 rings (SSSR count). The molecule has 0 spiro atoms. The normalized spacial score (nSPS) is 13.2. The Hall–Kier alpha value is -1.71. The molecule has 1 aromatic carbocycles. The quantitative estimate of drug-likeness (QED) is 0.397. The summed E-state index contributed by atoms with van der Waals surface area (Å²) >= 11 is 0. The molecular weight excluding hydrogens is 296 g/mol. The second-order valence-electron chi connectivity index (χ2n) is 5.13. The van der Waals surface area contributed by atoms with Crippen LogP contribution in [0.3, 0.4) is 0 Å². The van der Waals surface area contributed by atoms with Gasteiger partial charge in [0.15, 0.2) is 4.90 Å². The van der Waals surface area contributed by atoms with E-state index in [4.69, 9.17) is 5.84 Å². The van der Waals surface area contributed by atoms with Crippen LogP contribution in [0.5, 0.6) is 0 Å². The SMILES string of the molecule is CC(C)C(C)CNS(=O)(=O)c1cccc(NN)c1[N+](=O)[O-]. The molecule has 0 fully saturated rings. The van der Waals surface area contributed by atoms with Gasteiger partial charge in [-0.3, -0.25) is 16.0 Å². The van der Waals surface area contributed by atoms with Gasteiger partial charge in [0.25, 0.3) is 0 Å². The number of nitrogens with zero attached hydrogens (tertiary/aromatic N) is 1. The van der Waals surface area contributed by atoms with E-state index in [9.17, 15) is 18.5 Å². The number of hydrogen-bond acceptors (Lipinski definition) is 6. The lowest BCUT2D eigenvalue weighted by Gasteiger charge is -2.16. The lowest BCUT2D eigenvalue weighted by Crippen LogP contribution is -2.30. The number of nitro benzene ring substituents is 1. The smallest absolute Gasteiger partial charge is 0.313 e. The monoisotopic (exact) mass is 316 g/mol. The van der Waals surface area contributed by atoms with Gasteiger partial charge in [0.05, 0.1) is 4.92 Å². The van der Waals surface area contributed by atoms with Crippen molar-refractivity contribution < 1.29 is 13.3 Å². The number of benzene rings is 1. The Morgan fingerprint density at radius 2 is 1.95 bits per heavy atom. The van der Waals surface area contributed by atoms with E-state index in [1.165, 1.54) is 18.2 Å². The van der Waals surface area contributed by atoms with E-state index in [0.29, 0.717) is 5.92 Å². The number of anilines is 1. The number of nitrogens with two attached hydrogens (primary N) is 1. The van der Waals surface area contributed by atoms with Gasteiger partial charge in [-0.15, -0.1) is 0 Å². The maximum absolute atomic E-state index is 12.3. The van der Waals surface area contributed by atoms with E-state index in [1.807, 2.05) is 20.8 Å². The molecule has 9 heteroatoms. The van der Waals surface area contributed by atoms with Crippen LogP contribution in [0.1, 0.15) is 20.8 Å². The third kappa shape index (κ3) is 4.13. The van der Waals surface area contributed by atoms with E-state index < -0.39 is 25.5 Å². The molecule has 1 aromatic rings. The zero-order valence-electron chi connectivity index (χ0n) is 12.2. The zero-order valence-corrected chi connectivity index (χ0v) is 13.0. The third-order valence-corrected chi connectivity index (χ3v) is 4.82. The number of hydrogen-bond donors (Lipinski definition) is 3. The predicted octanol–water partition coefficient (Wildman–Crippen LogP) is 1.45. The van der Waals surface area contributed by atoms with Gasteiger partial charge in [0.1, 0.15) is 5.69 Å². The van der Waals surface area contributed by atoms with Crippen molar-refractivity contribution in [3.05, 3.63) is 28.3 Å². The Morgan fingerprint density at radius 1 is 1.33 bits per heavy atom. The molecule has 0 amide bonds. The number of para-hydroxylation sites is 1. The first-order valence-corrected chi connectivity index (χ1v) is 7.92. The lowest BCUT2D eigenvalue weighted by atomic mass is 9.99. The molecule has 1 atom stereocenters. The molecule has 4 N–H and O–H groups in total. The summed E-state index contributed by atoms with van der Waals surface area (Å²) in [5.41, 5.74) is 1.52. The molecule has 21 heavy (non-hydrogen) atoms. The largest absolute Gasteiger partial charge is 0.318 e. The van der Waals surface area contributed by atoms with Gasteiger partial charge >= 0.3 is 5.69 Å². The summed E-state index contributed by atoms with van der Waals surface area (Å²) < 4.78 is 26.9. The maximum atomic E-state index is 12.3. The second-order valence-corrected chi connectivity index (χ2v) is 6.86. The van der Waals surface area contributed by atoms with Crippen molar-refractivity contribution in [1.82, 2.24) is 4.72 Å². The van der Waals surface area contributed by atoms with Gasteiger partial charge in [0, 0.05) is 6.54 Å². The summed E-state index contributed by atoms with van der Waals surface area (Å²) in [4.78, 5) is 9.94. The molecule has 0 heterocycles. The molecule has 118 valence electrons. The van der Waals surface area contributed by atoms with Crippen molar-refractivity contribution >= 4 is 21.4 Å². The lowest BCUT2D eigenvalue weighted by molar-refractivity contribution is -0.386. The highest BCUT2D eigenvalue weighted by molar-refractivity contribution is 7.89. The molecule has 0 radical (unpaired) electrons. The fourth-order valence-corrected chi connectivity index (χ4v) is 2.93. The van der Waals surface area contributed by atoms with Gasteiger partial charge in [0.2, 0.25) is 10.0 Å². The van der Waals surface area contributed by atoms with Crippen LogP contribution in [-0.2, 0) is 10.0 Å². The number of hydrazine groups is 1. The van der Waals surface area contributed by atoms with E-state index in [0.717, 1.165) is 0 Å². The van der Waals surface area contributed by atoms with Crippen molar-refractivity contribution in [2.45, 2.75) is 25.7 Å². The highest BCUT2D eigenvalue weighted by atomic mass is 32.2.